The third-order valence-corrected chi connectivity index (χ3v) is 2.06. The largest absolute Gasteiger partial charge is 0.496 e. The zero-order valence-corrected chi connectivity index (χ0v) is 8.71. The van der Waals surface area contributed by atoms with Crippen molar-refractivity contribution in [1.82, 2.24) is 0 Å². The van der Waals surface area contributed by atoms with Gasteiger partial charge in [0.2, 0.25) is 0 Å². The number of methoxy groups -OCH3 is 2. The first-order valence-electron chi connectivity index (χ1n) is 4.44. The Hall–Kier alpha value is -1.60. The average Bonchev–Trinajstić information content (AvgIpc) is 2.25. The minimum absolute atomic E-state index is 0.00738. The highest BCUT2D eigenvalue weighted by Crippen LogP contribution is 2.25. The molecule has 0 radical (unpaired) electrons. The summed E-state index contributed by atoms with van der Waals surface area (Å²) >= 11 is 0. The first kappa shape index (κ1) is 11.5. The summed E-state index contributed by atoms with van der Waals surface area (Å²) in [4.78, 5) is 0. The molecule has 0 atom stereocenters. The van der Waals surface area contributed by atoms with Crippen molar-refractivity contribution in [1.29, 1.82) is 5.26 Å². The fourth-order valence-electron chi connectivity index (χ4n) is 1.35. The Balaban J connectivity index is 3.17. The minimum Gasteiger partial charge on any atom is -0.496 e. The predicted octanol–water partition coefficient (Wildman–Crippen LogP) is 2.05. The fraction of sp³-hybridized carbons (Fsp3) is 0.364. The molecule has 0 aliphatic rings. The summed E-state index contributed by atoms with van der Waals surface area (Å²) in [7, 11) is 2.94. The molecule has 0 spiro atoms. The van der Waals surface area contributed by atoms with Gasteiger partial charge in [-0.15, -0.1) is 0 Å². The van der Waals surface area contributed by atoms with Crippen LogP contribution >= 0.6 is 0 Å². The van der Waals surface area contributed by atoms with Gasteiger partial charge in [-0.05, 0) is 6.07 Å². The Labute approximate surface area is 88.0 Å². The van der Waals surface area contributed by atoms with Gasteiger partial charge >= 0.3 is 0 Å². The van der Waals surface area contributed by atoms with Crippen molar-refractivity contribution in [3.63, 3.8) is 0 Å². The molecule has 0 aliphatic heterocycles. The smallest absolute Gasteiger partial charge is 0.136 e. The van der Waals surface area contributed by atoms with Gasteiger partial charge in [-0.25, -0.2) is 4.39 Å². The summed E-state index contributed by atoms with van der Waals surface area (Å²) in [6.45, 7) is 0.189. The maximum absolute atomic E-state index is 13.8. The highest BCUT2D eigenvalue weighted by atomic mass is 19.1. The highest BCUT2D eigenvalue weighted by Gasteiger charge is 2.13. The standard InChI is InChI=1S/C11H12FNO2/c1-14-7-8-3-4-10(15-2)9(5-6-13)11(8)12/h3-4H,5,7H2,1-2H3. The fourth-order valence-corrected chi connectivity index (χ4v) is 1.35. The van der Waals surface area contributed by atoms with E-state index in [1.165, 1.54) is 14.2 Å². The lowest BCUT2D eigenvalue weighted by Gasteiger charge is -2.10. The molecule has 0 fully saturated rings. The van der Waals surface area contributed by atoms with Gasteiger partial charge in [0.05, 0.1) is 26.2 Å². The van der Waals surface area contributed by atoms with E-state index in [-0.39, 0.29) is 18.6 Å². The summed E-state index contributed by atoms with van der Waals surface area (Å²) in [6, 6.07) is 5.15. The van der Waals surface area contributed by atoms with Crippen LogP contribution in [0.5, 0.6) is 5.75 Å². The van der Waals surface area contributed by atoms with Crippen molar-refractivity contribution >= 4 is 0 Å². The number of nitrogens with zero attached hydrogens (tertiary/aromatic N) is 1. The average molecular weight is 209 g/mol. The van der Waals surface area contributed by atoms with Crippen molar-refractivity contribution in [2.24, 2.45) is 0 Å². The van der Waals surface area contributed by atoms with Crippen LogP contribution in [0.15, 0.2) is 12.1 Å². The van der Waals surface area contributed by atoms with E-state index in [4.69, 9.17) is 14.7 Å². The molecule has 0 bridgehead atoms. The predicted molar refractivity (Wildman–Crippen MR) is 53.0 cm³/mol. The lowest BCUT2D eigenvalue weighted by Crippen LogP contribution is -2.01. The molecule has 1 aromatic rings. The summed E-state index contributed by atoms with van der Waals surface area (Å²) in [5.74, 6) is -0.0216. The monoisotopic (exact) mass is 209 g/mol. The number of hydrogen-bond acceptors (Lipinski definition) is 3. The molecule has 0 heterocycles. The molecule has 0 amide bonds. The topological polar surface area (TPSA) is 42.2 Å². The van der Waals surface area contributed by atoms with Crippen LogP contribution in [-0.4, -0.2) is 14.2 Å². The number of ether oxygens (including phenoxy) is 2. The molecular formula is C11H12FNO2. The van der Waals surface area contributed by atoms with E-state index < -0.39 is 5.82 Å². The number of rotatable bonds is 4. The molecule has 80 valence electrons. The van der Waals surface area contributed by atoms with Gasteiger partial charge in [-0.2, -0.15) is 5.26 Å². The van der Waals surface area contributed by atoms with Crippen LogP contribution in [0, 0.1) is 17.1 Å². The highest BCUT2D eigenvalue weighted by molar-refractivity contribution is 5.40. The van der Waals surface area contributed by atoms with Crippen molar-refractivity contribution < 1.29 is 13.9 Å². The summed E-state index contributed by atoms with van der Waals surface area (Å²) < 4.78 is 23.6. The molecule has 3 nitrogen and oxygen atoms in total. The van der Waals surface area contributed by atoms with E-state index in [1.54, 1.807) is 12.1 Å². The number of hydrogen-bond donors (Lipinski definition) is 0. The van der Waals surface area contributed by atoms with E-state index in [1.807, 2.05) is 6.07 Å². The molecule has 0 N–H and O–H groups in total. The molecule has 0 aromatic heterocycles. The molecule has 0 aliphatic carbocycles. The lowest BCUT2D eigenvalue weighted by molar-refractivity contribution is 0.181. The first-order chi connectivity index (χ1) is 7.24. The van der Waals surface area contributed by atoms with Crippen LogP contribution in [0.25, 0.3) is 0 Å². The van der Waals surface area contributed by atoms with E-state index in [0.29, 0.717) is 11.3 Å². The van der Waals surface area contributed by atoms with Crippen molar-refractivity contribution in [2.45, 2.75) is 13.0 Å². The van der Waals surface area contributed by atoms with Crippen LogP contribution < -0.4 is 4.74 Å². The minimum atomic E-state index is -0.419. The molecule has 15 heavy (non-hydrogen) atoms. The van der Waals surface area contributed by atoms with Crippen LogP contribution in [0.1, 0.15) is 11.1 Å². The van der Waals surface area contributed by atoms with Gasteiger partial charge in [0.25, 0.3) is 0 Å². The number of nitriles is 1. The normalized spacial score (nSPS) is 9.73. The second-order valence-electron chi connectivity index (χ2n) is 2.99. The molecule has 0 saturated heterocycles. The van der Waals surface area contributed by atoms with Crippen LogP contribution in [0.4, 0.5) is 4.39 Å². The molecule has 0 saturated carbocycles. The maximum Gasteiger partial charge on any atom is 0.136 e. The van der Waals surface area contributed by atoms with E-state index >= 15 is 0 Å². The third-order valence-electron chi connectivity index (χ3n) is 2.06. The first-order valence-corrected chi connectivity index (χ1v) is 4.44. The third kappa shape index (κ3) is 2.45. The Kier molecular flexibility index (Phi) is 4.07. The van der Waals surface area contributed by atoms with Crippen LogP contribution in [0.3, 0.4) is 0 Å². The van der Waals surface area contributed by atoms with E-state index in [0.717, 1.165) is 0 Å². The van der Waals surface area contributed by atoms with Crippen molar-refractivity contribution in [2.75, 3.05) is 14.2 Å². The van der Waals surface area contributed by atoms with Gasteiger partial charge in [-0.1, -0.05) is 6.07 Å². The van der Waals surface area contributed by atoms with Gasteiger partial charge in [-0.3, -0.25) is 0 Å². The summed E-state index contributed by atoms with van der Waals surface area (Å²) in [5.41, 5.74) is 0.720. The van der Waals surface area contributed by atoms with Crippen LogP contribution in [0.2, 0.25) is 0 Å². The Bertz CT molecular complexity index is 385. The number of benzene rings is 1. The zero-order chi connectivity index (χ0) is 11.3. The van der Waals surface area contributed by atoms with Gasteiger partial charge in [0.1, 0.15) is 11.6 Å². The lowest BCUT2D eigenvalue weighted by atomic mass is 10.1. The maximum atomic E-state index is 13.8. The SMILES string of the molecule is COCc1ccc(OC)c(CC#N)c1F. The Morgan fingerprint density at radius 3 is 2.67 bits per heavy atom. The van der Waals surface area contributed by atoms with Gasteiger partial charge < -0.3 is 9.47 Å². The second kappa shape index (κ2) is 5.32. The number of halogens is 1. The molecule has 1 aromatic carbocycles. The summed E-state index contributed by atoms with van der Waals surface area (Å²) in [6.07, 6.45) is -0.00738. The van der Waals surface area contributed by atoms with Crippen LogP contribution in [-0.2, 0) is 17.8 Å². The Morgan fingerprint density at radius 2 is 2.13 bits per heavy atom. The zero-order valence-electron chi connectivity index (χ0n) is 8.71. The van der Waals surface area contributed by atoms with Crippen molar-refractivity contribution in [3.05, 3.63) is 29.1 Å². The molecule has 1 rings (SSSR count). The quantitative estimate of drug-likeness (QED) is 0.762. The second-order valence-corrected chi connectivity index (χ2v) is 2.99. The molecule has 0 unspecified atom stereocenters. The van der Waals surface area contributed by atoms with Gasteiger partial charge in [0, 0.05) is 18.2 Å². The molecule has 4 heteroatoms. The summed E-state index contributed by atoms with van der Waals surface area (Å²) in [5, 5.41) is 8.58. The van der Waals surface area contributed by atoms with E-state index in [2.05, 4.69) is 0 Å². The Morgan fingerprint density at radius 1 is 1.40 bits per heavy atom. The van der Waals surface area contributed by atoms with Gasteiger partial charge in [0.15, 0.2) is 0 Å². The molecular weight excluding hydrogens is 197 g/mol. The van der Waals surface area contributed by atoms with E-state index in [9.17, 15) is 4.39 Å². The van der Waals surface area contributed by atoms with Crippen molar-refractivity contribution in [3.8, 4) is 11.8 Å².